The van der Waals surface area contributed by atoms with Crippen molar-refractivity contribution < 1.29 is 61.3 Å². The maximum atomic E-state index is 10.1. The molecule has 2 nitrogen and oxygen atoms in total. The second-order valence-corrected chi connectivity index (χ2v) is 13.6. The number of rotatable bonds is 0. The van der Waals surface area contributed by atoms with Gasteiger partial charge in [-0.25, -0.2) is 0 Å². The Kier molecular flexibility index (Phi) is 150. The van der Waals surface area contributed by atoms with E-state index in [4.69, 9.17) is 4.79 Å². The Morgan fingerprint density at radius 3 is 0.867 bits per heavy atom. The van der Waals surface area contributed by atoms with E-state index < -0.39 is 5.60 Å². The molecule has 0 saturated carbocycles. The topological polar surface area (TPSA) is 40.1 Å². The molecule has 12 heteroatoms. The third-order valence-corrected chi connectivity index (χ3v) is 7.42. The van der Waals surface area contributed by atoms with Crippen LogP contribution in [0, 0.1) is 0 Å². The minimum absolute atomic E-state index is 0. The fraction of sp³-hybridized carbons (Fsp3) is 0.722. The van der Waals surface area contributed by atoms with Crippen molar-refractivity contribution in [2.24, 2.45) is 0 Å². The summed E-state index contributed by atoms with van der Waals surface area (Å²) < 4.78 is 0. The van der Waals surface area contributed by atoms with Gasteiger partial charge in [0.1, 0.15) is 6.29 Å². The smallest absolute Gasteiger partial charge is 0.850 e. The Morgan fingerprint density at radius 1 is 0.733 bits per heavy atom. The van der Waals surface area contributed by atoms with Crippen LogP contribution in [0.3, 0.4) is 0 Å². The molecule has 0 N–H and O–H groups in total. The number of allylic oxidation sites excluding steroid dienone is 4. The molecule has 0 bridgehead atoms. The molecule has 0 aromatic carbocycles. The van der Waals surface area contributed by atoms with Crippen LogP contribution in [0.4, 0.5) is 0 Å². The number of hydrogen-bond acceptors (Lipinski definition) is 6. The first-order valence-electron chi connectivity index (χ1n) is 8.07. The summed E-state index contributed by atoms with van der Waals surface area (Å²) >= 11 is 17.5. The first kappa shape index (κ1) is 58.5. The number of aldehydes is 1. The van der Waals surface area contributed by atoms with E-state index in [1.807, 2.05) is 52.0 Å². The maximum Gasteiger partial charge on any atom is 1.00 e. The Morgan fingerprint density at radius 2 is 0.867 bits per heavy atom. The van der Waals surface area contributed by atoms with Crippen LogP contribution in [-0.2, 0) is 93.9 Å². The minimum atomic E-state index is -0.750. The molecule has 0 rings (SSSR count). The van der Waals surface area contributed by atoms with Crippen molar-refractivity contribution >= 4 is 95.4 Å². The minimum Gasteiger partial charge on any atom is -0.850 e. The fourth-order valence-electron chi connectivity index (χ4n) is 0.0113. The van der Waals surface area contributed by atoms with Crippen LogP contribution in [0.15, 0.2) is 24.3 Å². The summed E-state index contributed by atoms with van der Waals surface area (Å²) in [6, 6.07) is 0. The van der Waals surface area contributed by atoms with E-state index in [-0.39, 0.29) is 58.8 Å². The SMILES string of the molecule is C.CC(C)(C)[O-].CC=CC.CC=CC.CC=O.CCC.S=S=S=S.S=S=S=S=S.[K+]. The van der Waals surface area contributed by atoms with E-state index in [0.717, 1.165) is 6.29 Å². The zero-order valence-corrected chi connectivity index (χ0v) is 30.1. The van der Waals surface area contributed by atoms with Crippen LogP contribution in [0.1, 0.15) is 83.1 Å². The van der Waals surface area contributed by atoms with Crippen molar-refractivity contribution in [1.29, 1.82) is 0 Å². The molecule has 0 aliphatic rings. The van der Waals surface area contributed by atoms with Gasteiger partial charge in [0.2, 0.25) is 0 Å². The second kappa shape index (κ2) is 77.0. The average Bonchev–Trinajstić information content (AvgIpc) is 2.63. The molecule has 0 unspecified atom stereocenters. The summed E-state index contributed by atoms with van der Waals surface area (Å²) in [5, 5.41) is 10.1. The van der Waals surface area contributed by atoms with Gasteiger partial charge in [-0.3, -0.25) is 0 Å². The molecule has 0 heterocycles. The van der Waals surface area contributed by atoms with Crippen LogP contribution in [-0.4, -0.2) is 11.9 Å². The van der Waals surface area contributed by atoms with Gasteiger partial charge < -0.3 is 9.90 Å². The molecule has 30 heavy (non-hydrogen) atoms. The summed E-state index contributed by atoms with van der Waals surface area (Å²) in [6.45, 7) is 18.6. The van der Waals surface area contributed by atoms with Gasteiger partial charge in [0.05, 0.1) is 0 Å². The van der Waals surface area contributed by atoms with Gasteiger partial charge in [-0.05, 0) is 34.6 Å². The summed E-state index contributed by atoms with van der Waals surface area (Å²) in [7, 11) is 6.29. The third kappa shape index (κ3) is 455. The van der Waals surface area contributed by atoms with Gasteiger partial charge in [-0.15, -0.1) is 5.60 Å². The predicted molar refractivity (Wildman–Crippen MR) is 161 cm³/mol. The maximum absolute atomic E-state index is 10.1. The van der Waals surface area contributed by atoms with Gasteiger partial charge in [-0.1, -0.05) is 72.8 Å². The predicted octanol–water partition coefficient (Wildman–Crippen LogP) is 2.55. The molecule has 0 radical (unpaired) electrons. The van der Waals surface area contributed by atoms with Crippen LogP contribution in [0.2, 0.25) is 0 Å². The van der Waals surface area contributed by atoms with E-state index in [1.165, 1.54) is 57.7 Å². The molecule has 0 aliphatic heterocycles. The fourth-order valence-corrected chi connectivity index (χ4v) is 2.76. The average molecular weight is 617 g/mol. The van der Waals surface area contributed by atoms with E-state index in [0.29, 0.717) is 0 Å². The summed E-state index contributed by atoms with van der Waals surface area (Å²) in [5.41, 5.74) is -0.750. The van der Waals surface area contributed by atoms with Crippen molar-refractivity contribution in [2.45, 2.75) is 88.7 Å². The molecule has 180 valence electrons. The molecule has 0 saturated heterocycles. The molecule has 0 aromatic heterocycles. The van der Waals surface area contributed by atoms with E-state index in [1.54, 1.807) is 20.8 Å². The normalized spacial score (nSPS) is 7.17. The Hall–Kier alpha value is 2.73. The van der Waals surface area contributed by atoms with Gasteiger partial charge >= 0.3 is 51.4 Å². The summed E-state index contributed by atoms with van der Waals surface area (Å²) in [5.74, 6) is 0. The van der Waals surface area contributed by atoms with Crippen molar-refractivity contribution in [3.63, 3.8) is 0 Å². The first-order chi connectivity index (χ1) is 13.0. The van der Waals surface area contributed by atoms with Crippen molar-refractivity contribution in [2.75, 3.05) is 0 Å². The molecule has 0 amide bonds. The second-order valence-electron chi connectivity index (χ2n) is 4.73. The standard InChI is InChI=1S/C4H9O.2C4H8.C3H8.C2H4O.CH4.K.S5.S4/c1-4(2,3)5;2*1-3-4-2;1-3-2;1-2-3;;;1-3-5-4-2;1-3-4-2/h1-3H3;2*3-4H,1-2H3;3H2,1-2H3;2H,1H3;1H4;;;/q-1;;;;;;+1;;. The largest absolute Gasteiger partial charge is 1.00 e. The molecule has 0 aromatic rings. The van der Waals surface area contributed by atoms with Crippen LogP contribution in [0.25, 0.3) is 0 Å². The van der Waals surface area contributed by atoms with Crippen molar-refractivity contribution in [3.8, 4) is 0 Å². The quantitative estimate of drug-likeness (QED) is 0.237. The molecular formula is C18H41KO2S9. The van der Waals surface area contributed by atoms with E-state index in [9.17, 15) is 5.11 Å². The monoisotopic (exact) mass is 616 g/mol. The van der Waals surface area contributed by atoms with Crippen LogP contribution < -0.4 is 56.5 Å². The Labute approximate surface area is 265 Å². The third-order valence-electron chi connectivity index (χ3n) is 0.750. The summed E-state index contributed by atoms with van der Waals surface area (Å²) in [6.07, 6.45) is 10.0. The van der Waals surface area contributed by atoms with Gasteiger partial charge in [0, 0.05) is 89.2 Å². The molecule has 0 spiro atoms. The Bertz CT molecular complexity index is 458. The molecule has 0 aliphatic carbocycles. The van der Waals surface area contributed by atoms with Gasteiger partial charge in [-0.2, -0.15) is 0 Å². The first-order valence-corrected chi connectivity index (χ1v) is 17.4. The van der Waals surface area contributed by atoms with Gasteiger partial charge in [0.15, 0.2) is 0 Å². The van der Waals surface area contributed by atoms with Gasteiger partial charge in [0.25, 0.3) is 0 Å². The zero-order chi connectivity index (χ0) is 24.3. The number of carbonyl (C=O) groups excluding carboxylic acids is 1. The van der Waals surface area contributed by atoms with E-state index in [2.05, 4.69) is 58.6 Å². The molecule has 0 atom stereocenters. The molecular weight excluding hydrogens is 576 g/mol. The number of carbonyl (C=O) groups is 1. The summed E-state index contributed by atoms with van der Waals surface area (Å²) in [4.78, 5) is 8.81. The Balaban J connectivity index is -0.0000000244. The number of hydrogen-bond donors (Lipinski definition) is 0. The van der Waals surface area contributed by atoms with Crippen molar-refractivity contribution in [1.82, 2.24) is 0 Å². The zero-order valence-electron chi connectivity index (χ0n) is 19.6. The van der Waals surface area contributed by atoms with Crippen LogP contribution in [0.5, 0.6) is 0 Å². The molecule has 0 fully saturated rings. The van der Waals surface area contributed by atoms with E-state index >= 15 is 0 Å². The van der Waals surface area contributed by atoms with Crippen molar-refractivity contribution in [3.05, 3.63) is 24.3 Å². The van der Waals surface area contributed by atoms with Crippen LogP contribution >= 0.6 is 0 Å².